The van der Waals surface area contributed by atoms with E-state index in [1.807, 2.05) is 6.07 Å². The molecule has 0 radical (unpaired) electrons. The van der Waals surface area contributed by atoms with Crippen molar-refractivity contribution in [2.45, 2.75) is 0 Å². The molecule has 9 nitrogen and oxygen atoms in total. The molecule has 1 aromatic carbocycles. The molecular formula is C14H12N6O3. The number of para-hydroxylation sites is 1. The molecule has 0 saturated heterocycles. The third-order valence-electron chi connectivity index (χ3n) is 2.98. The molecule has 116 valence electrons. The lowest BCUT2D eigenvalue weighted by molar-refractivity contribution is 0.0593. The molecule has 0 bridgehead atoms. The lowest BCUT2D eigenvalue weighted by atomic mass is 10.3. The van der Waals surface area contributed by atoms with Gasteiger partial charge in [-0.05, 0) is 12.1 Å². The molecule has 0 aliphatic heterocycles. The molecule has 0 atom stereocenters. The maximum atomic E-state index is 12.4. The number of aromatic amines is 1. The molecule has 2 aromatic heterocycles. The predicted octanol–water partition coefficient (Wildman–Crippen LogP) is 1.03. The smallest absolute Gasteiger partial charge is 0.358 e. The minimum atomic E-state index is -0.631. The van der Waals surface area contributed by atoms with Crippen molar-refractivity contribution in [3.05, 3.63) is 54.1 Å². The van der Waals surface area contributed by atoms with Crippen molar-refractivity contribution in [3.63, 3.8) is 0 Å². The minimum Gasteiger partial charge on any atom is -0.464 e. The van der Waals surface area contributed by atoms with Gasteiger partial charge in [0.25, 0.3) is 5.91 Å². The second-order valence-corrected chi connectivity index (χ2v) is 4.44. The van der Waals surface area contributed by atoms with Crippen LogP contribution in [0.1, 0.15) is 21.0 Å². The minimum absolute atomic E-state index is 0.0269. The van der Waals surface area contributed by atoms with Gasteiger partial charge in [0.1, 0.15) is 12.0 Å². The topological polar surface area (TPSA) is 115 Å². The summed E-state index contributed by atoms with van der Waals surface area (Å²) in [6.07, 6.45) is 1.27. The Balaban J connectivity index is 2.01. The summed E-state index contributed by atoms with van der Waals surface area (Å²) in [5, 5.41) is 12.8. The summed E-state index contributed by atoms with van der Waals surface area (Å²) in [5.41, 5.74) is 0.817. The van der Waals surface area contributed by atoms with Crippen molar-refractivity contribution in [1.29, 1.82) is 0 Å². The number of hydrogen-bond acceptors (Lipinski definition) is 6. The van der Waals surface area contributed by atoms with E-state index in [1.165, 1.54) is 24.2 Å². The normalized spacial score (nSPS) is 10.3. The standard InChI is InChI=1S/C14H12N6O3/c1-23-13(22)10-7-11(12(21)17-14-15-8-16-18-14)20(19-10)9-5-3-2-4-6-9/h2-8H,1H3,(H2,15,16,17,18,21). The Bertz CT molecular complexity index is 826. The van der Waals surface area contributed by atoms with Gasteiger partial charge in [0.2, 0.25) is 5.95 Å². The number of methoxy groups -OCH3 is 1. The Morgan fingerprint density at radius 2 is 2.04 bits per heavy atom. The third-order valence-corrected chi connectivity index (χ3v) is 2.98. The van der Waals surface area contributed by atoms with E-state index in [1.54, 1.807) is 24.3 Å². The van der Waals surface area contributed by atoms with E-state index in [0.29, 0.717) is 5.69 Å². The molecular weight excluding hydrogens is 300 g/mol. The number of carbonyl (C=O) groups is 2. The van der Waals surface area contributed by atoms with E-state index in [-0.39, 0.29) is 17.3 Å². The summed E-state index contributed by atoms with van der Waals surface area (Å²) < 4.78 is 6.01. The summed E-state index contributed by atoms with van der Waals surface area (Å²) >= 11 is 0. The van der Waals surface area contributed by atoms with Crippen LogP contribution in [0.3, 0.4) is 0 Å². The van der Waals surface area contributed by atoms with Crippen LogP contribution >= 0.6 is 0 Å². The van der Waals surface area contributed by atoms with Crippen LogP contribution in [0.25, 0.3) is 5.69 Å². The van der Waals surface area contributed by atoms with Crippen LogP contribution in [-0.4, -0.2) is 43.9 Å². The summed E-state index contributed by atoms with van der Waals surface area (Å²) in [6, 6.07) is 10.3. The van der Waals surface area contributed by atoms with Gasteiger partial charge in [-0.15, -0.1) is 0 Å². The number of benzene rings is 1. The summed E-state index contributed by atoms with van der Waals surface area (Å²) in [7, 11) is 1.25. The van der Waals surface area contributed by atoms with Crippen LogP contribution < -0.4 is 5.32 Å². The van der Waals surface area contributed by atoms with Crippen molar-refractivity contribution >= 4 is 17.8 Å². The Morgan fingerprint density at radius 1 is 1.26 bits per heavy atom. The van der Waals surface area contributed by atoms with Crippen molar-refractivity contribution in [1.82, 2.24) is 25.0 Å². The first-order valence-corrected chi connectivity index (χ1v) is 6.59. The zero-order valence-electron chi connectivity index (χ0n) is 12.1. The summed E-state index contributed by atoms with van der Waals surface area (Å²) in [5.74, 6) is -0.933. The predicted molar refractivity (Wildman–Crippen MR) is 79.2 cm³/mol. The molecule has 0 aliphatic rings. The van der Waals surface area contributed by atoms with E-state index in [4.69, 9.17) is 0 Å². The first kappa shape index (κ1) is 14.4. The van der Waals surface area contributed by atoms with E-state index in [0.717, 1.165) is 0 Å². The molecule has 3 rings (SSSR count). The first-order chi connectivity index (χ1) is 11.2. The number of nitrogens with one attached hydrogen (secondary N) is 2. The number of H-pyrrole nitrogens is 1. The van der Waals surface area contributed by atoms with Crippen LogP contribution in [0.5, 0.6) is 0 Å². The van der Waals surface area contributed by atoms with Gasteiger partial charge in [0.05, 0.1) is 12.8 Å². The van der Waals surface area contributed by atoms with E-state index in [9.17, 15) is 9.59 Å². The second kappa shape index (κ2) is 6.10. The zero-order chi connectivity index (χ0) is 16.2. The van der Waals surface area contributed by atoms with Crippen LogP contribution in [0.4, 0.5) is 5.95 Å². The molecule has 0 spiro atoms. The van der Waals surface area contributed by atoms with E-state index < -0.39 is 11.9 Å². The van der Waals surface area contributed by atoms with Crippen LogP contribution in [0.2, 0.25) is 0 Å². The second-order valence-electron chi connectivity index (χ2n) is 4.44. The Kier molecular flexibility index (Phi) is 3.83. The van der Waals surface area contributed by atoms with E-state index in [2.05, 4.69) is 30.3 Å². The Labute approximate surface area is 130 Å². The van der Waals surface area contributed by atoms with Crippen LogP contribution in [0.15, 0.2) is 42.7 Å². The van der Waals surface area contributed by atoms with Gasteiger partial charge < -0.3 is 4.74 Å². The maximum absolute atomic E-state index is 12.4. The first-order valence-electron chi connectivity index (χ1n) is 6.59. The zero-order valence-corrected chi connectivity index (χ0v) is 12.1. The van der Waals surface area contributed by atoms with Gasteiger partial charge in [0.15, 0.2) is 5.69 Å². The van der Waals surface area contributed by atoms with Crippen LogP contribution in [-0.2, 0) is 4.74 Å². The lowest BCUT2D eigenvalue weighted by Crippen LogP contribution is -2.17. The highest BCUT2D eigenvalue weighted by Crippen LogP contribution is 2.14. The fourth-order valence-electron chi connectivity index (χ4n) is 1.95. The van der Waals surface area contributed by atoms with Crippen molar-refractivity contribution in [2.75, 3.05) is 12.4 Å². The monoisotopic (exact) mass is 312 g/mol. The fraction of sp³-hybridized carbons (Fsp3) is 0.0714. The van der Waals surface area contributed by atoms with E-state index >= 15 is 0 Å². The van der Waals surface area contributed by atoms with Gasteiger partial charge in [0, 0.05) is 6.07 Å². The number of hydrogen-bond donors (Lipinski definition) is 2. The van der Waals surface area contributed by atoms with Gasteiger partial charge in [-0.2, -0.15) is 15.2 Å². The maximum Gasteiger partial charge on any atom is 0.358 e. The lowest BCUT2D eigenvalue weighted by Gasteiger charge is -2.06. The number of ether oxygens (including phenoxy) is 1. The molecule has 2 N–H and O–H groups in total. The highest BCUT2D eigenvalue weighted by Gasteiger charge is 2.21. The quantitative estimate of drug-likeness (QED) is 0.695. The average molecular weight is 312 g/mol. The SMILES string of the molecule is COC(=O)c1cc(C(=O)Nc2ncn[nH]2)n(-c2ccccc2)n1. The number of esters is 1. The van der Waals surface area contributed by atoms with Gasteiger partial charge in [-0.3, -0.25) is 10.1 Å². The largest absolute Gasteiger partial charge is 0.464 e. The highest BCUT2D eigenvalue weighted by molar-refractivity contribution is 6.03. The van der Waals surface area contributed by atoms with Crippen molar-refractivity contribution < 1.29 is 14.3 Å². The van der Waals surface area contributed by atoms with Crippen molar-refractivity contribution in [2.24, 2.45) is 0 Å². The number of anilines is 1. The molecule has 23 heavy (non-hydrogen) atoms. The fourth-order valence-corrected chi connectivity index (χ4v) is 1.95. The number of nitrogens with zero attached hydrogens (tertiary/aromatic N) is 4. The third kappa shape index (κ3) is 2.93. The molecule has 0 aliphatic carbocycles. The van der Waals surface area contributed by atoms with Crippen LogP contribution in [0, 0.1) is 0 Å². The highest BCUT2D eigenvalue weighted by atomic mass is 16.5. The Hall–Kier alpha value is -3.49. The van der Waals surface area contributed by atoms with Gasteiger partial charge in [-0.1, -0.05) is 18.2 Å². The Morgan fingerprint density at radius 3 is 2.70 bits per heavy atom. The molecule has 0 unspecified atom stereocenters. The molecule has 0 saturated carbocycles. The molecule has 9 heteroatoms. The number of carbonyl (C=O) groups excluding carboxylic acids is 2. The molecule has 1 amide bonds. The number of aromatic nitrogens is 5. The molecule has 2 heterocycles. The number of amides is 1. The van der Waals surface area contributed by atoms with Crippen molar-refractivity contribution in [3.8, 4) is 5.69 Å². The summed E-state index contributed by atoms with van der Waals surface area (Å²) in [4.78, 5) is 27.9. The number of rotatable bonds is 4. The van der Waals surface area contributed by atoms with Gasteiger partial charge >= 0.3 is 5.97 Å². The average Bonchev–Trinajstić information content (AvgIpc) is 3.24. The molecule has 0 fully saturated rings. The molecule has 3 aromatic rings. The van der Waals surface area contributed by atoms with Gasteiger partial charge in [-0.25, -0.2) is 14.6 Å². The summed E-state index contributed by atoms with van der Waals surface area (Å²) in [6.45, 7) is 0.